The number of nitrogens with zero attached hydrogens (tertiary/aromatic N) is 3. The van der Waals surface area contributed by atoms with Crippen LogP contribution in [0.25, 0.3) is 0 Å². The number of rotatable bonds is 5. The van der Waals surface area contributed by atoms with E-state index in [9.17, 15) is 0 Å². The number of hydrogen-bond acceptors (Lipinski definition) is 4. The van der Waals surface area contributed by atoms with Crippen LogP contribution in [-0.4, -0.2) is 29.1 Å². The highest BCUT2D eigenvalue weighted by Crippen LogP contribution is 2.22. The van der Waals surface area contributed by atoms with Crippen LogP contribution in [0.3, 0.4) is 0 Å². The van der Waals surface area contributed by atoms with Crippen molar-refractivity contribution < 1.29 is 5.21 Å². The molecule has 0 aliphatic heterocycles. The van der Waals surface area contributed by atoms with Crippen LogP contribution in [-0.2, 0) is 0 Å². The Morgan fingerprint density at radius 1 is 1.42 bits per heavy atom. The molecule has 5 nitrogen and oxygen atoms in total. The molecule has 0 fully saturated rings. The summed E-state index contributed by atoms with van der Waals surface area (Å²) in [6.45, 7) is 8.47. The van der Waals surface area contributed by atoms with Gasteiger partial charge < -0.3 is 15.8 Å². The Hall–Kier alpha value is -1.78. The molecule has 0 spiro atoms. The van der Waals surface area contributed by atoms with Gasteiger partial charge in [0.05, 0.1) is 5.56 Å². The summed E-state index contributed by atoms with van der Waals surface area (Å²) in [6, 6.07) is 4.03. The van der Waals surface area contributed by atoms with Gasteiger partial charge in [-0.3, -0.25) is 0 Å². The third kappa shape index (κ3) is 3.84. The summed E-state index contributed by atoms with van der Waals surface area (Å²) < 4.78 is 0. The minimum Gasteiger partial charge on any atom is -0.409 e. The summed E-state index contributed by atoms with van der Waals surface area (Å²) in [5, 5.41) is 11.9. The van der Waals surface area contributed by atoms with E-state index in [0.717, 1.165) is 17.9 Å². The molecule has 106 valence electrons. The second kappa shape index (κ2) is 6.41. The molecule has 0 aliphatic rings. The zero-order valence-electron chi connectivity index (χ0n) is 12.4. The van der Waals surface area contributed by atoms with Crippen LogP contribution in [0.5, 0.6) is 0 Å². The highest BCUT2D eigenvalue weighted by atomic mass is 16.4. The molecule has 0 amide bonds. The summed E-state index contributed by atoms with van der Waals surface area (Å²) in [5.74, 6) is 1.45. The minimum absolute atomic E-state index is 0.0890. The highest BCUT2D eigenvalue weighted by Gasteiger charge is 2.18. The Bertz CT molecular complexity index is 457. The van der Waals surface area contributed by atoms with Crippen LogP contribution in [0.15, 0.2) is 17.3 Å². The van der Waals surface area contributed by atoms with E-state index in [0.29, 0.717) is 17.5 Å². The second-order valence-electron chi connectivity index (χ2n) is 5.40. The molecule has 0 saturated heterocycles. The molecule has 1 aromatic heterocycles. The normalized spacial score (nSPS) is 13.7. The lowest BCUT2D eigenvalue weighted by Crippen LogP contribution is -2.33. The van der Waals surface area contributed by atoms with Crippen LogP contribution < -0.4 is 10.6 Å². The van der Waals surface area contributed by atoms with Gasteiger partial charge in [-0.15, -0.1) is 0 Å². The second-order valence-corrected chi connectivity index (χ2v) is 5.40. The van der Waals surface area contributed by atoms with Gasteiger partial charge in [-0.2, -0.15) is 0 Å². The molecular formula is C14H24N4O. The van der Waals surface area contributed by atoms with Gasteiger partial charge in [0.1, 0.15) is 5.82 Å². The van der Waals surface area contributed by atoms with Crippen molar-refractivity contribution in [3.05, 3.63) is 23.4 Å². The maximum absolute atomic E-state index is 8.86. The number of nitrogens with two attached hydrogens (primary N) is 1. The SMILES string of the molecule is Cc1ccc(C(N)=NO)c(N(C)C(C)CC(C)C)n1. The van der Waals surface area contributed by atoms with Crippen LogP contribution in [0.2, 0.25) is 0 Å². The summed E-state index contributed by atoms with van der Waals surface area (Å²) in [7, 11) is 1.99. The number of amidine groups is 1. The molecule has 0 aromatic carbocycles. The lowest BCUT2D eigenvalue weighted by atomic mass is 10.0. The summed E-state index contributed by atoms with van der Waals surface area (Å²) in [5.41, 5.74) is 7.29. The van der Waals surface area contributed by atoms with Crippen molar-refractivity contribution in [1.82, 2.24) is 4.98 Å². The fourth-order valence-corrected chi connectivity index (χ4v) is 2.11. The van der Waals surface area contributed by atoms with Crippen molar-refractivity contribution in [2.75, 3.05) is 11.9 Å². The molecule has 1 atom stereocenters. The lowest BCUT2D eigenvalue weighted by molar-refractivity contribution is 0.318. The van der Waals surface area contributed by atoms with Crippen molar-refractivity contribution in [1.29, 1.82) is 0 Å². The quantitative estimate of drug-likeness (QED) is 0.370. The fourth-order valence-electron chi connectivity index (χ4n) is 2.11. The first-order valence-electron chi connectivity index (χ1n) is 6.55. The predicted octanol–water partition coefficient (Wildman–Crippen LogP) is 2.36. The minimum atomic E-state index is 0.0890. The molecule has 1 heterocycles. The maximum atomic E-state index is 8.86. The number of hydrogen-bond donors (Lipinski definition) is 2. The Labute approximate surface area is 115 Å². The van der Waals surface area contributed by atoms with E-state index in [1.807, 2.05) is 26.1 Å². The van der Waals surface area contributed by atoms with Gasteiger partial charge in [-0.1, -0.05) is 19.0 Å². The summed E-state index contributed by atoms with van der Waals surface area (Å²) >= 11 is 0. The molecule has 19 heavy (non-hydrogen) atoms. The van der Waals surface area contributed by atoms with Gasteiger partial charge in [0.25, 0.3) is 0 Å². The molecule has 5 heteroatoms. The number of anilines is 1. The molecule has 0 radical (unpaired) electrons. The zero-order valence-corrected chi connectivity index (χ0v) is 12.4. The van der Waals surface area contributed by atoms with Gasteiger partial charge in [0.15, 0.2) is 5.84 Å². The van der Waals surface area contributed by atoms with Crippen molar-refractivity contribution in [2.24, 2.45) is 16.8 Å². The Balaban J connectivity index is 3.13. The molecule has 1 unspecified atom stereocenters. The van der Waals surface area contributed by atoms with Gasteiger partial charge in [0, 0.05) is 18.8 Å². The number of oxime groups is 1. The standard InChI is InChI=1S/C14H24N4O/c1-9(2)8-11(4)18(5)14-12(13(15)17-19)7-6-10(3)16-14/h6-7,9,11,19H,8H2,1-5H3,(H2,15,17). The molecule has 1 aromatic rings. The Morgan fingerprint density at radius 2 is 2.05 bits per heavy atom. The van der Waals surface area contributed by atoms with Crippen LogP contribution in [0, 0.1) is 12.8 Å². The largest absolute Gasteiger partial charge is 0.409 e. The third-order valence-corrected chi connectivity index (χ3v) is 3.21. The average Bonchev–Trinajstić information content (AvgIpc) is 2.36. The molecule has 0 bridgehead atoms. The molecule has 1 rings (SSSR count). The van der Waals surface area contributed by atoms with Gasteiger partial charge in [-0.25, -0.2) is 4.98 Å². The monoisotopic (exact) mass is 264 g/mol. The zero-order chi connectivity index (χ0) is 14.6. The van der Waals surface area contributed by atoms with Crippen LogP contribution in [0.1, 0.15) is 38.4 Å². The Morgan fingerprint density at radius 3 is 2.58 bits per heavy atom. The van der Waals surface area contributed by atoms with Crippen LogP contribution >= 0.6 is 0 Å². The van der Waals surface area contributed by atoms with E-state index in [4.69, 9.17) is 10.9 Å². The number of aromatic nitrogens is 1. The average molecular weight is 264 g/mol. The first kappa shape index (κ1) is 15.3. The number of aryl methyl sites for hydroxylation is 1. The molecule has 3 N–H and O–H groups in total. The maximum Gasteiger partial charge on any atom is 0.173 e. The predicted molar refractivity (Wildman–Crippen MR) is 78.8 cm³/mol. The first-order chi connectivity index (χ1) is 8.86. The fraction of sp³-hybridized carbons (Fsp3) is 0.571. The van der Waals surface area contributed by atoms with Crippen molar-refractivity contribution in [3.8, 4) is 0 Å². The van der Waals surface area contributed by atoms with E-state index in [2.05, 4.69) is 35.8 Å². The smallest absolute Gasteiger partial charge is 0.173 e. The van der Waals surface area contributed by atoms with Crippen molar-refractivity contribution in [2.45, 2.75) is 40.2 Å². The van der Waals surface area contributed by atoms with E-state index < -0.39 is 0 Å². The highest BCUT2D eigenvalue weighted by molar-refractivity contribution is 6.01. The van der Waals surface area contributed by atoms with Gasteiger partial charge >= 0.3 is 0 Å². The van der Waals surface area contributed by atoms with Gasteiger partial charge in [-0.05, 0) is 38.3 Å². The summed E-state index contributed by atoms with van der Waals surface area (Å²) in [4.78, 5) is 6.61. The Kier molecular flexibility index (Phi) is 5.15. The summed E-state index contributed by atoms with van der Waals surface area (Å²) in [6.07, 6.45) is 1.06. The first-order valence-corrected chi connectivity index (χ1v) is 6.55. The van der Waals surface area contributed by atoms with E-state index in [-0.39, 0.29) is 5.84 Å². The lowest BCUT2D eigenvalue weighted by Gasteiger charge is -2.29. The van der Waals surface area contributed by atoms with Crippen LogP contribution in [0.4, 0.5) is 5.82 Å². The third-order valence-electron chi connectivity index (χ3n) is 3.21. The van der Waals surface area contributed by atoms with Gasteiger partial charge in [0.2, 0.25) is 0 Å². The van der Waals surface area contributed by atoms with E-state index in [1.165, 1.54) is 0 Å². The molecule has 0 aliphatic carbocycles. The number of pyridine rings is 1. The molecule has 0 saturated carbocycles. The van der Waals surface area contributed by atoms with E-state index >= 15 is 0 Å². The van der Waals surface area contributed by atoms with Crippen molar-refractivity contribution >= 4 is 11.7 Å². The molecular weight excluding hydrogens is 240 g/mol. The van der Waals surface area contributed by atoms with Crippen molar-refractivity contribution in [3.63, 3.8) is 0 Å². The topological polar surface area (TPSA) is 74.7 Å². The van der Waals surface area contributed by atoms with E-state index in [1.54, 1.807) is 0 Å².